The molecule has 0 aromatic carbocycles. The summed E-state index contributed by atoms with van der Waals surface area (Å²) in [6.07, 6.45) is 7.67. The van der Waals surface area contributed by atoms with Crippen molar-refractivity contribution in [2.24, 2.45) is 11.8 Å². The van der Waals surface area contributed by atoms with E-state index >= 15 is 0 Å². The Balaban J connectivity index is 2.48. The molecule has 1 aliphatic rings. The van der Waals surface area contributed by atoms with Crippen molar-refractivity contribution >= 4 is 5.78 Å². The highest BCUT2D eigenvalue weighted by molar-refractivity contribution is 5.78. The standard InChI is InChI=1S/C11H20O/c1-9-7-5-3-4-6-8-11(9)10(2)12/h9,11H,3-8H2,1-2H3/t9-,11+/m0/s1. The molecule has 1 saturated carbocycles. The molecule has 1 nitrogen and oxygen atoms in total. The maximum Gasteiger partial charge on any atom is 0.133 e. The summed E-state index contributed by atoms with van der Waals surface area (Å²) in [6.45, 7) is 3.99. The highest BCUT2D eigenvalue weighted by Gasteiger charge is 2.22. The highest BCUT2D eigenvalue weighted by Crippen LogP contribution is 2.27. The maximum atomic E-state index is 11.3. The second-order valence-corrected chi connectivity index (χ2v) is 4.19. The maximum absolute atomic E-state index is 11.3. The van der Waals surface area contributed by atoms with Gasteiger partial charge in [-0.15, -0.1) is 0 Å². The molecule has 0 radical (unpaired) electrons. The number of ketones is 1. The first-order chi connectivity index (χ1) is 5.72. The molecule has 0 aliphatic heterocycles. The topological polar surface area (TPSA) is 17.1 Å². The quantitative estimate of drug-likeness (QED) is 0.587. The number of carbonyl (C=O) groups excluding carboxylic acids is 1. The second-order valence-electron chi connectivity index (χ2n) is 4.19. The number of Topliss-reactive ketones (excluding diaryl/α,β-unsaturated/α-hetero) is 1. The molecule has 70 valence electrons. The van der Waals surface area contributed by atoms with Gasteiger partial charge in [0.25, 0.3) is 0 Å². The zero-order chi connectivity index (χ0) is 8.97. The van der Waals surface area contributed by atoms with E-state index in [0.29, 0.717) is 17.6 Å². The van der Waals surface area contributed by atoms with E-state index in [-0.39, 0.29) is 0 Å². The van der Waals surface area contributed by atoms with Crippen molar-refractivity contribution in [3.05, 3.63) is 0 Å². The lowest BCUT2D eigenvalue weighted by molar-refractivity contribution is -0.122. The summed E-state index contributed by atoms with van der Waals surface area (Å²) in [4.78, 5) is 11.3. The van der Waals surface area contributed by atoms with E-state index in [1.54, 1.807) is 6.92 Å². The first-order valence-corrected chi connectivity index (χ1v) is 5.22. The van der Waals surface area contributed by atoms with Crippen molar-refractivity contribution in [2.75, 3.05) is 0 Å². The van der Waals surface area contributed by atoms with Crippen molar-refractivity contribution in [1.82, 2.24) is 0 Å². The van der Waals surface area contributed by atoms with Crippen LogP contribution in [0.2, 0.25) is 0 Å². The first kappa shape index (κ1) is 9.76. The van der Waals surface area contributed by atoms with E-state index in [9.17, 15) is 4.79 Å². The van der Waals surface area contributed by atoms with Crippen LogP contribution in [0.3, 0.4) is 0 Å². The fourth-order valence-corrected chi connectivity index (χ4v) is 2.27. The minimum Gasteiger partial charge on any atom is -0.300 e. The Kier molecular flexibility index (Phi) is 3.77. The molecule has 0 spiro atoms. The lowest BCUT2D eigenvalue weighted by Crippen LogP contribution is -2.20. The summed E-state index contributed by atoms with van der Waals surface area (Å²) in [5.41, 5.74) is 0. The summed E-state index contributed by atoms with van der Waals surface area (Å²) < 4.78 is 0. The Morgan fingerprint density at radius 2 is 1.67 bits per heavy atom. The van der Waals surface area contributed by atoms with Gasteiger partial charge < -0.3 is 0 Å². The van der Waals surface area contributed by atoms with E-state index < -0.39 is 0 Å². The molecule has 2 atom stereocenters. The van der Waals surface area contributed by atoms with Crippen molar-refractivity contribution in [2.45, 2.75) is 52.4 Å². The van der Waals surface area contributed by atoms with Crippen LogP contribution in [0.4, 0.5) is 0 Å². The van der Waals surface area contributed by atoms with Gasteiger partial charge in [-0.3, -0.25) is 4.79 Å². The van der Waals surface area contributed by atoms with Gasteiger partial charge in [0.05, 0.1) is 0 Å². The summed E-state index contributed by atoms with van der Waals surface area (Å²) in [7, 11) is 0. The Labute approximate surface area is 75.5 Å². The van der Waals surface area contributed by atoms with Crippen LogP contribution in [0, 0.1) is 11.8 Å². The average Bonchev–Trinajstić information content (AvgIpc) is 1.96. The van der Waals surface area contributed by atoms with Crippen LogP contribution in [0.15, 0.2) is 0 Å². The second kappa shape index (κ2) is 4.64. The molecule has 1 rings (SSSR count). The van der Waals surface area contributed by atoms with Crippen LogP contribution in [0.1, 0.15) is 52.4 Å². The van der Waals surface area contributed by atoms with E-state index in [2.05, 4.69) is 6.92 Å². The van der Waals surface area contributed by atoms with Gasteiger partial charge in [-0.05, 0) is 19.3 Å². The van der Waals surface area contributed by atoms with Gasteiger partial charge in [-0.25, -0.2) is 0 Å². The summed E-state index contributed by atoms with van der Waals surface area (Å²) in [6, 6.07) is 0. The van der Waals surface area contributed by atoms with Gasteiger partial charge in [0.2, 0.25) is 0 Å². The van der Waals surface area contributed by atoms with Gasteiger partial charge in [-0.1, -0.05) is 39.0 Å². The minimum absolute atomic E-state index is 0.366. The fourth-order valence-electron chi connectivity index (χ4n) is 2.27. The summed E-state index contributed by atoms with van der Waals surface area (Å²) >= 11 is 0. The Bertz CT molecular complexity index is 151. The van der Waals surface area contributed by atoms with E-state index in [1.807, 2.05) is 0 Å². The number of hydrogen-bond donors (Lipinski definition) is 0. The van der Waals surface area contributed by atoms with Gasteiger partial charge in [-0.2, -0.15) is 0 Å². The summed E-state index contributed by atoms with van der Waals surface area (Å²) in [5.74, 6) is 1.40. The van der Waals surface area contributed by atoms with Crippen molar-refractivity contribution in [3.63, 3.8) is 0 Å². The third-order valence-corrected chi connectivity index (χ3v) is 3.13. The third kappa shape index (κ3) is 2.62. The molecule has 1 fully saturated rings. The Morgan fingerprint density at radius 1 is 1.08 bits per heavy atom. The van der Waals surface area contributed by atoms with Crippen molar-refractivity contribution in [1.29, 1.82) is 0 Å². The molecule has 1 heteroatoms. The van der Waals surface area contributed by atoms with Crippen LogP contribution in [-0.4, -0.2) is 5.78 Å². The van der Waals surface area contributed by atoms with Crippen molar-refractivity contribution < 1.29 is 4.79 Å². The van der Waals surface area contributed by atoms with Crippen LogP contribution >= 0.6 is 0 Å². The minimum atomic E-state index is 0.366. The molecular formula is C11H20O. The van der Waals surface area contributed by atoms with E-state index in [0.717, 1.165) is 6.42 Å². The molecule has 12 heavy (non-hydrogen) atoms. The molecule has 0 amide bonds. The lowest BCUT2D eigenvalue weighted by Gasteiger charge is -2.23. The van der Waals surface area contributed by atoms with Crippen LogP contribution < -0.4 is 0 Å². The zero-order valence-corrected chi connectivity index (χ0v) is 8.31. The van der Waals surface area contributed by atoms with Crippen LogP contribution in [0.25, 0.3) is 0 Å². The number of hydrogen-bond acceptors (Lipinski definition) is 1. The van der Waals surface area contributed by atoms with E-state index in [4.69, 9.17) is 0 Å². The van der Waals surface area contributed by atoms with E-state index in [1.165, 1.54) is 32.1 Å². The van der Waals surface area contributed by atoms with Gasteiger partial charge in [0.1, 0.15) is 5.78 Å². The Hall–Kier alpha value is -0.330. The molecule has 0 saturated heterocycles. The normalized spacial score (nSPS) is 32.2. The molecule has 1 aliphatic carbocycles. The molecule has 0 unspecified atom stereocenters. The van der Waals surface area contributed by atoms with Crippen molar-refractivity contribution in [3.8, 4) is 0 Å². The van der Waals surface area contributed by atoms with Crippen LogP contribution in [0.5, 0.6) is 0 Å². The molecular weight excluding hydrogens is 148 g/mol. The third-order valence-electron chi connectivity index (χ3n) is 3.13. The first-order valence-electron chi connectivity index (χ1n) is 5.22. The SMILES string of the molecule is CC(=O)[C@@H]1CCCCCC[C@@H]1C. The molecule has 0 N–H and O–H groups in total. The molecule has 0 bridgehead atoms. The number of rotatable bonds is 1. The van der Waals surface area contributed by atoms with Crippen LogP contribution in [-0.2, 0) is 4.79 Å². The largest absolute Gasteiger partial charge is 0.300 e. The number of carbonyl (C=O) groups is 1. The monoisotopic (exact) mass is 168 g/mol. The van der Waals surface area contributed by atoms with Gasteiger partial charge >= 0.3 is 0 Å². The Morgan fingerprint density at radius 3 is 2.25 bits per heavy atom. The fraction of sp³-hybridized carbons (Fsp3) is 0.909. The molecule has 0 aromatic rings. The average molecular weight is 168 g/mol. The van der Waals surface area contributed by atoms with Gasteiger partial charge in [0, 0.05) is 5.92 Å². The zero-order valence-electron chi connectivity index (χ0n) is 8.31. The lowest BCUT2D eigenvalue weighted by atomic mass is 9.81. The highest BCUT2D eigenvalue weighted by atomic mass is 16.1. The molecule has 0 heterocycles. The predicted octanol–water partition coefficient (Wildman–Crippen LogP) is 3.18. The van der Waals surface area contributed by atoms with Gasteiger partial charge in [0.15, 0.2) is 0 Å². The smallest absolute Gasteiger partial charge is 0.133 e. The molecule has 0 aromatic heterocycles. The summed E-state index contributed by atoms with van der Waals surface area (Å²) in [5, 5.41) is 0. The predicted molar refractivity (Wildman–Crippen MR) is 51.0 cm³/mol.